The lowest BCUT2D eigenvalue weighted by Crippen LogP contribution is -2.46. The highest BCUT2D eigenvalue weighted by atomic mass is 79.9. The first kappa shape index (κ1) is 22.4. The summed E-state index contributed by atoms with van der Waals surface area (Å²) in [6.07, 6.45) is -4.20. The second-order valence-corrected chi connectivity index (χ2v) is 8.88. The minimum absolute atomic E-state index is 0.282. The van der Waals surface area contributed by atoms with Crippen molar-refractivity contribution in [2.75, 3.05) is 16.8 Å². The topological polar surface area (TPSA) is 61.4 Å². The Morgan fingerprint density at radius 2 is 1.85 bits per heavy atom. The van der Waals surface area contributed by atoms with Crippen molar-refractivity contribution in [3.63, 3.8) is 0 Å². The normalized spacial score (nSPS) is 16.8. The molecule has 0 saturated carbocycles. The van der Waals surface area contributed by atoms with Crippen molar-refractivity contribution in [1.29, 1.82) is 0 Å². The summed E-state index contributed by atoms with van der Waals surface area (Å²) in [6.45, 7) is 0.449. The highest BCUT2D eigenvalue weighted by Gasteiger charge is 2.40. The molecule has 2 heterocycles. The molecule has 10 heteroatoms. The van der Waals surface area contributed by atoms with E-state index in [0.29, 0.717) is 46.5 Å². The second kappa shape index (κ2) is 8.12. The molecule has 3 amide bonds. The van der Waals surface area contributed by atoms with Crippen LogP contribution in [-0.4, -0.2) is 18.5 Å². The van der Waals surface area contributed by atoms with Gasteiger partial charge in [0.15, 0.2) is 0 Å². The van der Waals surface area contributed by atoms with Crippen molar-refractivity contribution < 1.29 is 27.2 Å². The van der Waals surface area contributed by atoms with Gasteiger partial charge in [-0.05, 0) is 41.8 Å². The third-order valence-electron chi connectivity index (χ3n) is 5.92. The maximum Gasteiger partial charge on any atom is 0.416 e. The summed E-state index contributed by atoms with van der Waals surface area (Å²) in [7, 11) is 0. The summed E-state index contributed by atoms with van der Waals surface area (Å²) in [4.78, 5) is 27.4. The highest BCUT2D eigenvalue weighted by molar-refractivity contribution is 9.10. The van der Waals surface area contributed by atoms with Gasteiger partial charge in [0.1, 0.15) is 5.82 Å². The number of benzene rings is 3. The van der Waals surface area contributed by atoms with Crippen LogP contribution in [0.1, 0.15) is 38.7 Å². The molecule has 3 aromatic carbocycles. The van der Waals surface area contributed by atoms with Gasteiger partial charge in [-0.25, -0.2) is 9.18 Å². The molecule has 2 aliphatic heterocycles. The van der Waals surface area contributed by atoms with Crippen LogP contribution in [-0.2, 0) is 12.6 Å². The number of carbonyl (C=O) groups excluding carboxylic acids is 2. The van der Waals surface area contributed by atoms with Gasteiger partial charge in [0.2, 0.25) is 0 Å². The average Bonchev–Trinajstić information content (AvgIpc) is 3.24. The van der Waals surface area contributed by atoms with E-state index in [2.05, 4.69) is 26.6 Å². The molecule has 0 bridgehead atoms. The number of nitrogens with one attached hydrogen (secondary N) is 2. The van der Waals surface area contributed by atoms with Crippen LogP contribution < -0.4 is 15.5 Å². The van der Waals surface area contributed by atoms with Gasteiger partial charge < -0.3 is 10.6 Å². The van der Waals surface area contributed by atoms with Crippen molar-refractivity contribution >= 4 is 39.2 Å². The maximum atomic E-state index is 13.9. The molecular weight excluding hydrogens is 518 g/mol. The quantitative estimate of drug-likeness (QED) is 0.403. The van der Waals surface area contributed by atoms with Crippen LogP contribution in [0.2, 0.25) is 0 Å². The summed E-state index contributed by atoms with van der Waals surface area (Å²) >= 11 is 3.49. The first-order valence-corrected chi connectivity index (χ1v) is 11.1. The number of halogens is 5. The average molecular weight is 534 g/mol. The third kappa shape index (κ3) is 3.81. The molecule has 0 aliphatic carbocycles. The zero-order valence-electron chi connectivity index (χ0n) is 17.3. The predicted octanol–water partition coefficient (Wildman–Crippen LogP) is 6.03. The summed E-state index contributed by atoms with van der Waals surface area (Å²) in [5, 5.41) is 5.59. The molecule has 0 aromatic heterocycles. The molecule has 34 heavy (non-hydrogen) atoms. The Kier molecular flexibility index (Phi) is 5.35. The smallest absolute Gasteiger partial charge is 0.327 e. The molecule has 0 spiro atoms. The van der Waals surface area contributed by atoms with Crippen molar-refractivity contribution in [3.8, 4) is 0 Å². The van der Waals surface area contributed by atoms with E-state index in [1.807, 2.05) is 30.3 Å². The van der Waals surface area contributed by atoms with E-state index in [-0.39, 0.29) is 6.03 Å². The fourth-order valence-corrected chi connectivity index (χ4v) is 5.04. The molecule has 174 valence electrons. The molecule has 2 aliphatic rings. The van der Waals surface area contributed by atoms with Crippen LogP contribution >= 0.6 is 15.9 Å². The van der Waals surface area contributed by atoms with Crippen LogP contribution in [0, 0.1) is 5.82 Å². The zero-order valence-corrected chi connectivity index (χ0v) is 18.9. The van der Waals surface area contributed by atoms with Crippen LogP contribution in [0.4, 0.5) is 33.7 Å². The lowest BCUT2D eigenvalue weighted by molar-refractivity contribution is -0.137. The van der Waals surface area contributed by atoms with Gasteiger partial charge in [0, 0.05) is 27.8 Å². The summed E-state index contributed by atoms with van der Waals surface area (Å²) in [5.74, 6) is -2.07. The highest BCUT2D eigenvalue weighted by Crippen LogP contribution is 2.48. The van der Waals surface area contributed by atoms with E-state index in [0.717, 1.165) is 17.2 Å². The second-order valence-electron chi connectivity index (χ2n) is 8.02. The van der Waals surface area contributed by atoms with Crippen molar-refractivity contribution in [2.45, 2.75) is 18.6 Å². The summed E-state index contributed by atoms with van der Waals surface area (Å²) in [6, 6.07) is 11.6. The molecule has 1 atom stereocenters. The van der Waals surface area contributed by atoms with Crippen molar-refractivity contribution in [1.82, 2.24) is 5.32 Å². The molecule has 1 unspecified atom stereocenters. The van der Waals surface area contributed by atoms with Gasteiger partial charge in [-0.1, -0.05) is 46.3 Å². The van der Waals surface area contributed by atoms with Gasteiger partial charge in [-0.15, -0.1) is 0 Å². The molecule has 3 aromatic rings. The van der Waals surface area contributed by atoms with E-state index in [1.165, 1.54) is 0 Å². The Morgan fingerprint density at radius 1 is 1.12 bits per heavy atom. The number of hydrogen-bond acceptors (Lipinski definition) is 2. The van der Waals surface area contributed by atoms with Gasteiger partial charge >= 0.3 is 12.2 Å². The fourth-order valence-electron chi connectivity index (χ4n) is 4.42. The number of urea groups is 1. The van der Waals surface area contributed by atoms with E-state index >= 15 is 0 Å². The SMILES string of the molecule is O=C(Nc1cc(Br)c2c3c1C(c1ccccc1)NC(=O)N3CC2)c1cc(F)cc(C(F)(F)F)c1. The van der Waals surface area contributed by atoms with Crippen molar-refractivity contribution in [3.05, 3.63) is 92.7 Å². The Bertz CT molecular complexity index is 1330. The molecular formula is C24H16BrF4N3O2. The molecule has 0 saturated heterocycles. The standard InChI is InChI=1S/C24H16BrF4N3O2/c25-17-11-18(30-22(33)13-8-14(24(27,28)29)10-15(26)9-13)19-20(12-4-2-1-3-5-12)31-23(34)32-7-6-16(17)21(19)32/h1-5,8-11,20H,6-7H2,(H,30,33)(H,31,34). The molecule has 0 fully saturated rings. The Morgan fingerprint density at radius 3 is 2.56 bits per heavy atom. The Balaban J connectivity index is 1.62. The van der Waals surface area contributed by atoms with Gasteiger partial charge in [-0.2, -0.15) is 13.2 Å². The first-order chi connectivity index (χ1) is 16.1. The van der Waals surface area contributed by atoms with E-state index < -0.39 is 35.1 Å². The van der Waals surface area contributed by atoms with Gasteiger partial charge in [0.05, 0.1) is 17.3 Å². The van der Waals surface area contributed by atoms with Crippen LogP contribution in [0.25, 0.3) is 0 Å². The predicted molar refractivity (Wildman–Crippen MR) is 121 cm³/mol. The first-order valence-electron chi connectivity index (χ1n) is 10.3. The van der Waals surface area contributed by atoms with Crippen LogP contribution in [0.15, 0.2) is 59.1 Å². The van der Waals surface area contributed by atoms with Gasteiger partial charge in [0.25, 0.3) is 5.91 Å². The van der Waals surface area contributed by atoms with E-state index in [1.54, 1.807) is 11.0 Å². The van der Waals surface area contributed by atoms with Crippen LogP contribution in [0.5, 0.6) is 0 Å². The minimum Gasteiger partial charge on any atom is -0.327 e. The van der Waals surface area contributed by atoms with E-state index in [4.69, 9.17) is 0 Å². The van der Waals surface area contributed by atoms with E-state index in [9.17, 15) is 27.2 Å². The zero-order chi connectivity index (χ0) is 24.2. The van der Waals surface area contributed by atoms with Crippen LogP contribution in [0.3, 0.4) is 0 Å². The molecule has 5 rings (SSSR count). The van der Waals surface area contributed by atoms with Crippen molar-refractivity contribution in [2.24, 2.45) is 0 Å². The number of hydrogen-bond donors (Lipinski definition) is 2. The summed E-state index contributed by atoms with van der Waals surface area (Å²) < 4.78 is 54.0. The molecule has 2 N–H and O–H groups in total. The fraction of sp³-hybridized carbons (Fsp3) is 0.167. The lowest BCUT2D eigenvalue weighted by Gasteiger charge is -2.34. The molecule has 0 radical (unpaired) electrons. The number of anilines is 2. The third-order valence-corrected chi connectivity index (χ3v) is 6.62. The maximum absolute atomic E-state index is 13.9. The number of carbonyl (C=O) groups is 2. The Labute approximate surface area is 199 Å². The number of alkyl halides is 3. The number of amides is 3. The minimum atomic E-state index is -4.80. The Hall–Kier alpha value is -3.40. The number of nitrogens with zero attached hydrogens (tertiary/aromatic N) is 1. The largest absolute Gasteiger partial charge is 0.416 e. The summed E-state index contributed by atoms with van der Waals surface area (Å²) in [5.41, 5.74) is 1.51. The monoisotopic (exact) mass is 533 g/mol. The van der Waals surface area contributed by atoms with Gasteiger partial charge in [-0.3, -0.25) is 9.69 Å². The lowest BCUT2D eigenvalue weighted by atomic mass is 9.92. The molecule has 5 nitrogen and oxygen atoms in total. The number of rotatable bonds is 3.